The van der Waals surface area contributed by atoms with E-state index < -0.39 is 23.3 Å². The van der Waals surface area contributed by atoms with Crippen molar-refractivity contribution in [2.45, 2.75) is 43.4 Å². The Bertz CT molecular complexity index is 1800. The van der Waals surface area contributed by atoms with E-state index in [2.05, 4.69) is 26.7 Å². The Morgan fingerprint density at radius 2 is 2.05 bits per heavy atom. The number of fused-ring (bicyclic) bond motifs is 4. The van der Waals surface area contributed by atoms with Gasteiger partial charge in [0.15, 0.2) is 5.82 Å². The van der Waals surface area contributed by atoms with Crippen LogP contribution in [0.2, 0.25) is 0 Å². The third kappa shape index (κ3) is 4.31. The van der Waals surface area contributed by atoms with E-state index in [1.54, 1.807) is 18.2 Å². The number of nitrogens with one attached hydrogen (secondary N) is 1. The largest absolute Gasteiger partial charge is 0.477 e. The molecule has 0 spiro atoms. The van der Waals surface area contributed by atoms with E-state index in [0.717, 1.165) is 37.9 Å². The highest BCUT2D eigenvalue weighted by Crippen LogP contribution is 2.43. The summed E-state index contributed by atoms with van der Waals surface area (Å²) in [7, 11) is 0. The van der Waals surface area contributed by atoms with E-state index >= 15 is 4.39 Å². The molecule has 3 saturated heterocycles. The first-order valence-corrected chi connectivity index (χ1v) is 15.3. The van der Waals surface area contributed by atoms with Gasteiger partial charge in [-0.1, -0.05) is 36.9 Å². The number of ether oxygens (including phenoxy) is 2. The van der Waals surface area contributed by atoms with Crippen molar-refractivity contribution in [2.24, 2.45) is 0 Å². The van der Waals surface area contributed by atoms with Crippen LogP contribution < -0.4 is 19.7 Å². The lowest BCUT2D eigenvalue weighted by Gasteiger charge is -2.39. The van der Waals surface area contributed by atoms with E-state index in [9.17, 15) is 8.78 Å². The maximum Gasteiger partial charge on any atom is 0.319 e. The summed E-state index contributed by atoms with van der Waals surface area (Å²) in [6.07, 6.45) is 3.45. The number of hydrogen-bond acceptors (Lipinski definition) is 8. The molecule has 228 valence electrons. The monoisotopic (exact) mass is 602 g/mol. The number of pyridine rings is 1. The van der Waals surface area contributed by atoms with Gasteiger partial charge in [-0.15, -0.1) is 0 Å². The quantitative estimate of drug-likeness (QED) is 0.331. The molecule has 4 aliphatic heterocycles. The molecule has 1 N–H and O–H groups in total. The zero-order valence-corrected chi connectivity index (χ0v) is 24.3. The predicted octanol–water partition coefficient (Wildman–Crippen LogP) is 5.28. The van der Waals surface area contributed by atoms with Gasteiger partial charge in [-0.2, -0.15) is 9.97 Å². The number of aromatic nitrogens is 3. The SMILES string of the molecule is C=Cc1c(F)ccc2cccc(-c3nc4c5c(nc(OCC67CCCN6C[C@H](F)C7)nc5c3F)N3CCNC[C@H]3CCO4)c12. The Morgan fingerprint density at radius 1 is 1.14 bits per heavy atom. The molecule has 1 unspecified atom stereocenters. The first-order valence-electron chi connectivity index (χ1n) is 15.3. The molecule has 8 rings (SSSR count). The summed E-state index contributed by atoms with van der Waals surface area (Å²) in [5.74, 6) is -0.402. The van der Waals surface area contributed by atoms with Crippen LogP contribution in [0.15, 0.2) is 36.9 Å². The molecule has 11 heteroatoms. The lowest BCUT2D eigenvalue weighted by Crippen LogP contribution is -2.52. The molecule has 0 saturated carbocycles. The molecule has 44 heavy (non-hydrogen) atoms. The van der Waals surface area contributed by atoms with Crippen molar-refractivity contribution < 1.29 is 22.6 Å². The molecule has 0 radical (unpaired) electrons. The fourth-order valence-corrected chi connectivity index (χ4v) is 7.67. The van der Waals surface area contributed by atoms with E-state index in [1.165, 1.54) is 12.1 Å². The first-order chi connectivity index (χ1) is 21.5. The van der Waals surface area contributed by atoms with Gasteiger partial charge < -0.3 is 19.7 Å². The smallest absolute Gasteiger partial charge is 0.319 e. The lowest BCUT2D eigenvalue weighted by molar-refractivity contribution is 0.107. The standard InChI is InChI=1S/C33H33F3N6O2/c1-2-22-24(35)8-7-19-5-3-6-23(25(19)22)28-27(36)29-26-30(42-13-11-37-16-21(42)9-14-43-31(26)38-28)40-32(39-29)44-18-33-10-4-12-41(33)17-20(34)15-33/h2-3,5-8,20-21,37H,1,4,9-18H2/t20-,21-,33?/m1/s1. The minimum atomic E-state index is -0.900. The lowest BCUT2D eigenvalue weighted by atomic mass is 9.95. The Hall–Kier alpha value is -3.96. The van der Waals surface area contributed by atoms with Crippen LogP contribution in [-0.4, -0.2) is 83.5 Å². The van der Waals surface area contributed by atoms with Crippen LogP contribution in [0.25, 0.3) is 39.0 Å². The molecule has 2 aromatic carbocycles. The number of rotatable bonds is 5. The van der Waals surface area contributed by atoms with Crippen LogP contribution in [0, 0.1) is 11.6 Å². The molecule has 0 amide bonds. The first kappa shape index (κ1) is 27.6. The molecule has 3 fully saturated rings. The van der Waals surface area contributed by atoms with Crippen molar-refractivity contribution in [1.82, 2.24) is 25.2 Å². The van der Waals surface area contributed by atoms with Gasteiger partial charge in [0.25, 0.3) is 0 Å². The molecule has 8 nitrogen and oxygen atoms in total. The number of piperazine rings is 1. The van der Waals surface area contributed by atoms with Crippen molar-refractivity contribution in [1.29, 1.82) is 0 Å². The van der Waals surface area contributed by atoms with Gasteiger partial charge in [0.05, 0.1) is 12.1 Å². The van der Waals surface area contributed by atoms with Gasteiger partial charge in [-0.3, -0.25) is 4.90 Å². The number of hydrogen-bond donors (Lipinski definition) is 1. The van der Waals surface area contributed by atoms with E-state index in [1.807, 2.05) is 6.07 Å². The van der Waals surface area contributed by atoms with Crippen molar-refractivity contribution >= 4 is 33.6 Å². The van der Waals surface area contributed by atoms with Crippen LogP contribution in [0.5, 0.6) is 11.9 Å². The molecule has 2 aromatic heterocycles. The minimum absolute atomic E-state index is 0.00328. The van der Waals surface area contributed by atoms with Crippen LogP contribution in [-0.2, 0) is 0 Å². The highest BCUT2D eigenvalue weighted by molar-refractivity contribution is 6.04. The van der Waals surface area contributed by atoms with Gasteiger partial charge in [0.1, 0.15) is 41.0 Å². The van der Waals surface area contributed by atoms with Crippen molar-refractivity contribution in [3.05, 3.63) is 54.1 Å². The third-order valence-corrected chi connectivity index (χ3v) is 9.75. The highest BCUT2D eigenvalue weighted by atomic mass is 19.1. The molecule has 0 bridgehead atoms. The molecule has 4 aromatic rings. The second-order valence-corrected chi connectivity index (χ2v) is 12.3. The number of benzene rings is 2. The average Bonchev–Trinajstić information content (AvgIpc) is 3.55. The minimum Gasteiger partial charge on any atom is -0.477 e. The molecule has 6 heterocycles. The van der Waals surface area contributed by atoms with E-state index in [4.69, 9.17) is 19.4 Å². The Kier molecular flexibility index (Phi) is 6.64. The summed E-state index contributed by atoms with van der Waals surface area (Å²) in [5, 5.41) is 5.03. The summed E-state index contributed by atoms with van der Waals surface area (Å²) in [4.78, 5) is 18.5. The topological polar surface area (TPSA) is 75.6 Å². The summed E-state index contributed by atoms with van der Waals surface area (Å²) in [5.41, 5.74) is 0.277. The second-order valence-electron chi connectivity index (χ2n) is 12.3. The predicted molar refractivity (Wildman–Crippen MR) is 163 cm³/mol. The van der Waals surface area contributed by atoms with Gasteiger partial charge in [-0.05, 0) is 30.8 Å². The second kappa shape index (κ2) is 10.6. The van der Waals surface area contributed by atoms with Gasteiger partial charge in [0.2, 0.25) is 5.88 Å². The van der Waals surface area contributed by atoms with Crippen LogP contribution in [0.3, 0.4) is 0 Å². The molecular formula is C33H33F3N6O2. The fraction of sp³-hybridized carbons (Fsp3) is 0.424. The molecular weight excluding hydrogens is 569 g/mol. The molecule has 0 aliphatic carbocycles. The van der Waals surface area contributed by atoms with E-state index in [-0.39, 0.29) is 41.3 Å². The van der Waals surface area contributed by atoms with Crippen molar-refractivity contribution in [2.75, 3.05) is 50.8 Å². The number of alkyl halides is 1. The summed E-state index contributed by atoms with van der Waals surface area (Å²) >= 11 is 0. The maximum atomic E-state index is 16.9. The van der Waals surface area contributed by atoms with Crippen molar-refractivity contribution in [3.63, 3.8) is 0 Å². The van der Waals surface area contributed by atoms with Crippen LogP contribution in [0.1, 0.15) is 31.2 Å². The van der Waals surface area contributed by atoms with Gasteiger partial charge >= 0.3 is 6.01 Å². The third-order valence-electron chi connectivity index (χ3n) is 9.75. The number of halogens is 3. The summed E-state index contributed by atoms with van der Waals surface area (Å²) in [6.45, 7) is 7.76. The van der Waals surface area contributed by atoms with Crippen molar-refractivity contribution in [3.8, 4) is 23.1 Å². The van der Waals surface area contributed by atoms with Crippen LogP contribution in [0.4, 0.5) is 19.0 Å². The zero-order valence-electron chi connectivity index (χ0n) is 24.3. The normalized spacial score (nSPS) is 24.9. The Morgan fingerprint density at radius 3 is 2.93 bits per heavy atom. The number of nitrogens with zero attached hydrogens (tertiary/aromatic N) is 5. The van der Waals surface area contributed by atoms with Crippen LogP contribution >= 0.6 is 0 Å². The average molecular weight is 603 g/mol. The number of anilines is 1. The highest BCUT2D eigenvalue weighted by Gasteiger charge is 2.49. The van der Waals surface area contributed by atoms with Gasteiger partial charge in [-0.25, -0.2) is 18.2 Å². The summed E-state index contributed by atoms with van der Waals surface area (Å²) < 4.78 is 58.8. The maximum absolute atomic E-state index is 16.9. The fourth-order valence-electron chi connectivity index (χ4n) is 7.67. The Labute approximate surface area is 252 Å². The van der Waals surface area contributed by atoms with Gasteiger partial charge in [0, 0.05) is 61.6 Å². The molecule has 4 aliphatic rings. The molecule has 3 atom stereocenters. The van der Waals surface area contributed by atoms with E-state index in [0.29, 0.717) is 54.7 Å². The zero-order chi connectivity index (χ0) is 30.0. The summed E-state index contributed by atoms with van der Waals surface area (Å²) in [6, 6.07) is 8.49. The Balaban J connectivity index is 1.32.